The van der Waals surface area contributed by atoms with Crippen molar-refractivity contribution in [1.29, 1.82) is 0 Å². The second-order valence-corrected chi connectivity index (χ2v) is 5.73. The molecule has 0 spiro atoms. The fourth-order valence-electron chi connectivity index (χ4n) is 2.31. The van der Waals surface area contributed by atoms with Crippen LogP contribution in [-0.2, 0) is 11.3 Å². The van der Waals surface area contributed by atoms with Crippen LogP contribution in [-0.4, -0.2) is 23.2 Å². The standard InChI is InChI=1S/C12H20N2OS/c1-8-4-11(5-9(2)15-8)13-6-12-7-16-10(3)14-12/h7-9,11,13H,4-6H2,1-3H3. The summed E-state index contributed by atoms with van der Waals surface area (Å²) in [7, 11) is 0. The van der Waals surface area contributed by atoms with Gasteiger partial charge in [0.2, 0.25) is 0 Å². The number of rotatable bonds is 3. The minimum Gasteiger partial charge on any atom is -0.375 e. The molecule has 0 amide bonds. The van der Waals surface area contributed by atoms with E-state index in [-0.39, 0.29) is 0 Å². The SMILES string of the molecule is Cc1nc(CNC2CC(C)OC(C)C2)cs1. The molecule has 0 saturated carbocycles. The minimum absolute atomic E-state index is 0.374. The van der Waals surface area contributed by atoms with Crippen molar-refractivity contribution in [3.63, 3.8) is 0 Å². The van der Waals surface area contributed by atoms with E-state index in [0.717, 1.165) is 30.1 Å². The van der Waals surface area contributed by atoms with Gasteiger partial charge in [0.15, 0.2) is 0 Å². The molecule has 3 nitrogen and oxygen atoms in total. The van der Waals surface area contributed by atoms with Crippen LogP contribution >= 0.6 is 11.3 Å². The van der Waals surface area contributed by atoms with Gasteiger partial charge in [-0.3, -0.25) is 0 Å². The molecule has 0 aromatic carbocycles. The van der Waals surface area contributed by atoms with Crippen molar-refractivity contribution in [2.24, 2.45) is 0 Å². The van der Waals surface area contributed by atoms with Crippen molar-refractivity contribution < 1.29 is 4.74 Å². The minimum atomic E-state index is 0.374. The molecule has 1 aliphatic heterocycles. The molecule has 1 saturated heterocycles. The fraction of sp³-hybridized carbons (Fsp3) is 0.750. The normalized spacial score (nSPS) is 30.6. The Morgan fingerprint density at radius 3 is 2.69 bits per heavy atom. The third kappa shape index (κ3) is 3.27. The molecule has 0 aliphatic carbocycles. The summed E-state index contributed by atoms with van der Waals surface area (Å²) in [6, 6.07) is 0.570. The van der Waals surface area contributed by atoms with Crippen LogP contribution in [0.1, 0.15) is 37.4 Å². The maximum Gasteiger partial charge on any atom is 0.0897 e. The first kappa shape index (κ1) is 12.0. The first-order valence-electron chi connectivity index (χ1n) is 5.93. The molecule has 4 heteroatoms. The van der Waals surface area contributed by atoms with Gasteiger partial charge in [-0.05, 0) is 33.6 Å². The lowest BCUT2D eigenvalue weighted by atomic mass is 10.00. The number of nitrogens with zero attached hydrogens (tertiary/aromatic N) is 1. The van der Waals surface area contributed by atoms with Gasteiger partial charge in [-0.15, -0.1) is 11.3 Å². The number of hydrogen-bond donors (Lipinski definition) is 1. The van der Waals surface area contributed by atoms with E-state index >= 15 is 0 Å². The fourth-order valence-corrected chi connectivity index (χ4v) is 2.92. The van der Waals surface area contributed by atoms with E-state index in [1.165, 1.54) is 0 Å². The molecule has 90 valence electrons. The van der Waals surface area contributed by atoms with E-state index in [2.05, 4.69) is 29.5 Å². The number of ether oxygens (including phenoxy) is 1. The summed E-state index contributed by atoms with van der Waals surface area (Å²) in [6.45, 7) is 7.23. The Morgan fingerprint density at radius 1 is 1.44 bits per heavy atom. The maximum atomic E-state index is 5.72. The summed E-state index contributed by atoms with van der Waals surface area (Å²) in [5.41, 5.74) is 1.16. The molecular weight excluding hydrogens is 220 g/mol. The molecule has 1 aromatic rings. The average molecular weight is 240 g/mol. The van der Waals surface area contributed by atoms with Crippen LogP contribution in [0, 0.1) is 6.92 Å². The van der Waals surface area contributed by atoms with Crippen LogP contribution in [0.15, 0.2) is 5.38 Å². The molecule has 1 aromatic heterocycles. The largest absolute Gasteiger partial charge is 0.375 e. The Hall–Kier alpha value is -0.450. The first-order valence-corrected chi connectivity index (χ1v) is 6.81. The molecule has 1 aliphatic rings. The topological polar surface area (TPSA) is 34.2 Å². The van der Waals surface area contributed by atoms with Crippen molar-refractivity contribution in [2.45, 2.75) is 58.4 Å². The molecule has 1 fully saturated rings. The smallest absolute Gasteiger partial charge is 0.0897 e. The van der Waals surface area contributed by atoms with Crippen molar-refractivity contribution in [3.05, 3.63) is 16.1 Å². The van der Waals surface area contributed by atoms with E-state index in [1.807, 2.05) is 6.92 Å². The van der Waals surface area contributed by atoms with E-state index in [4.69, 9.17) is 4.74 Å². The number of aromatic nitrogens is 1. The van der Waals surface area contributed by atoms with Crippen LogP contribution < -0.4 is 5.32 Å². The Labute approximate surface area is 101 Å². The van der Waals surface area contributed by atoms with Gasteiger partial charge in [0.05, 0.1) is 22.9 Å². The second kappa shape index (κ2) is 5.25. The number of thiazole rings is 1. The van der Waals surface area contributed by atoms with E-state index in [1.54, 1.807) is 11.3 Å². The molecular formula is C12H20N2OS. The molecule has 2 rings (SSSR count). The van der Waals surface area contributed by atoms with E-state index in [0.29, 0.717) is 18.2 Å². The van der Waals surface area contributed by atoms with Crippen molar-refractivity contribution in [3.8, 4) is 0 Å². The van der Waals surface area contributed by atoms with Gasteiger partial charge in [0, 0.05) is 18.0 Å². The van der Waals surface area contributed by atoms with Crippen LogP contribution in [0.5, 0.6) is 0 Å². The highest BCUT2D eigenvalue weighted by Gasteiger charge is 2.23. The molecule has 16 heavy (non-hydrogen) atoms. The predicted molar refractivity (Wildman–Crippen MR) is 66.7 cm³/mol. The van der Waals surface area contributed by atoms with Gasteiger partial charge < -0.3 is 10.1 Å². The monoisotopic (exact) mass is 240 g/mol. The van der Waals surface area contributed by atoms with Gasteiger partial charge in [-0.2, -0.15) is 0 Å². The highest BCUT2D eigenvalue weighted by Crippen LogP contribution is 2.19. The van der Waals surface area contributed by atoms with E-state index in [9.17, 15) is 0 Å². The first-order chi connectivity index (χ1) is 7.63. The number of aryl methyl sites for hydroxylation is 1. The zero-order chi connectivity index (χ0) is 11.5. The molecule has 2 unspecified atom stereocenters. The van der Waals surface area contributed by atoms with Gasteiger partial charge in [-0.1, -0.05) is 0 Å². The van der Waals surface area contributed by atoms with Crippen LogP contribution in [0.4, 0.5) is 0 Å². The van der Waals surface area contributed by atoms with Gasteiger partial charge in [0.25, 0.3) is 0 Å². The molecule has 0 bridgehead atoms. The van der Waals surface area contributed by atoms with Crippen molar-refractivity contribution in [2.75, 3.05) is 0 Å². The quantitative estimate of drug-likeness (QED) is 0.881. The summed E-state index contributed by atoms with van der Waals surface area (Å²) in [5.74, 6) is 0. The lowest BCUT2D eigenvalue weighted by Gasteiger charge is -2.32. The van der Waals surface area contributed by atoms with Crippen LogP contribution in [0.25, 0.3) is 0 Å². The van der Waals surface area contributed by atoms with E-state index < -0.39 is 0 Å². The zero-order valence-corrected chi connectivity index (χ0v) is 11.0. The van der Waals surface area contributed by atoms with Crippen LogP contribution in [0.3, 0.4) is 0 Å². The molecule has 2 atom stereocenters. The summed E-state index contributed by atoms with van der Waals surface area (Å²) >= 11 is 1.72. The summed E-state index contributed by atoms with van der Waals surface area (Å²) in [4.78, 5) is 4.46. The zero-order valence-electron chi connectivity index (χ0n) is 10.2. The second-order valence-electron chi connectivity index (χ2n) is 4.66. The lowest BCUT2D eigenvalue weighted by Crippen LogP contribution is -2.41. The Morgan fingerprint density at radius 2 is 2.12 bits per heavy atom. The Kier molecular flexibility index (Phi) is 3.95. The third-order valence-corrected chi connectivity index (χ3v) is 3.76. The summed E-state index contributed by atoms with van der Waals surface area (Å²) < 4.78 is 5.72. The number of hydrogen-bond acceptors (Lipinski definition) is 4. The molecule has 0 radical (unpaired) electrons. The van der Waals surface area contributed by atoms with Crippen LogP contribution in [0.2, 0.25) is 0 Å². The highest BCUT2D eigenvalue weighted by atomic mass is 32.1. The summed E-state index contributed by atoms with van der Waals surface area (Å²) in [6.07, 6.45) is 2.96. The van der Waals surface area contributed by atoms with Gasteiger partial charge >= 0.3 is 0 Å². The highest BCUT2D eigenvalue weighted by molar-refractivity contribution is 7.09. The summed E-state index contributed by atoms with van der Waals surface area (Å²) in [5, 5.41) is 6.85. The predicted octanol–water partition coefficient (Wildman–Crippen LogP) is 2.50. The lowest BCUT2D eigenvalue weighted by molar-refractivity contribution is -0.0423. The van der Waals surface area contributed by atoms with Crippen molar-refractivity contribution in [1.82, 2.24) is 10.3 Å². The number of nitrogens with one attached hydrogen (secondary N) is 1. The average Bonchev–Trinajstić information content (AvgIpc) is 2.60. The van der Waals surface area contributed by atoms with Gasteiger partial charge in [-0.25, -0.2) is 4.98 Å². The maximum absolute atomic E-state index is 5.72. The Balaban J connectivity index is 1.81. The van der Waals surface area contributed by atoms with Crippen molar-refractivity contribution >= 4 is 11.3 Å². The van der Waals surface area contributed by atoms with Gasteiger partial charge in [0.1, 0.15) is 0 Å². The third-order valence-electron chi connectivity index (χ3n) is 2.94. The molecule has 2 heterocycles. The Bertz CT molecular complexity index is 330. The molecule has 1 N–H and O–H groups in total.